The Morgan fingerprint density at radius 3 is 1.81 bits per heavy atom. The first kappa shape index (κ1) is 31.5. The predicted octanol–water partition coefficient (Wildman–Crippen LogP) is 12.0. The topological polar surface area (TPSA) is 12.9 Å². The number of thiol groups is 1. The van der Waals surface area contributed by atoms with E-state index in [0.29, 0.717) is 0 Å². The normalized spacial score (nSPS) is 11.9. The van der Waals surface area contributed by atoms with E-state index >= 15 is 0 Å². The van der Waals surface area contributed by atoms with Gasteiger partial charge in [-0.05, 0) is 86.5 Å². The first-order valence-corrected chi connectivity index (χ1v) is 16.4. The highest BCUT2D eigenvalue weighted by Gasteiger charge is 2.11. The Morgan fingerprint density at radius 1 is 0.553 bits per heavy atom. The van der Waals surface area contributed by atoms with E-state index < -0.39 is 0 Å². The first-order valence-electron chi connectivity index (χ1n) is 15.9. The van der Waals surface area contributed by atoms with E-state index in [9.17, 15) is 0 Å². The van der Waals surface area contributed by atoms with Gasteiger partial charge in [-0.1, -0.05) is 164 Å². The third-order valence-corrected chi connectivity index (χ3v) is 8.47. The maximum Gasteiger partial charge on any atom is 0.0715 e. The fourth-order valence-corrected chi connectivity index (χ4v) is 5.85. The molecule has 0 fully saturated rings. The lowest BCUT2D eigenvalue weighted by atomic mass is 9.97. The van der Waals surface area contributed by atoms with E-state index in [4.69, 9.17) is 4.98 Å². The predicted molar refractivity (Wildman–Crippen MR) is 205 cm³/mol. The fraction of sp³-hybridized carbons (Fsp3) is 0.0444. The molecule has 0 aliphatic carbocycles. The van der Waals surface area contributed by atoms with Crippen LogP contribution in [0.2, 0.25) is 0 Å². The van der Waals surface area contributed by atoms with Crippen LogP contribution >= 0.6 is 12.6 Å². The van der Waals surface area contributed by atoms with E-state index in [2.05, 4.69) is 171 Å². The number of pyridine rings is 1. The zero-order chi connectivity index (χ0) is 32.3. The Bertz CT molecular complexity index is 2020. The molecule has 0 amide bonds. The molecule has 47 heavy (non-hydrogen) atoms. The number of hydrogen-bond acceptors (Lipinski definition) is 2. The molecule has 6 aromatic rings. The number of benzene rings is 5. The van der Waals surface area contributed by atoms with Gasteiger partial charge in [0.2, 0.25) is 0 Å². The molecule has 2 heteroatoms. The minimum atomic E-state index is 0.782. The third kappa shape index (κ3) is 8.24. The molecule has 0 bridgehead atoms. The molecule has 228 valence electrons. The number of nitrogens with zero attached hydrogens (tertiary/aromatic N) is 1. The van der Waals surface area contributed by atoms with Gasteiger partial charge in [0.25, 0.3) is 0 Å². The molecule has 6 rings (SSSR count). The number of rotatable bonds is 11. The van der Waals surface area contributed by atoms with Gasteiger partial charge in [-0.15, -0.1) is 0 Å². The van der Waals surface area contributed by atoms with Gasteiger partial charge in [-0.2, -0.15) is 12.6 Å². The highest BCUT2D eigenvalue weighted by Crippen LogP contribution is 2.31. The van der Waals surface area contributed by atoms with Gasteiger partial charge in [-0.25, -0.2) is 4.98 Å². The molecule has 0 N–H and O–H groups in total. The van der Waals surface area contributed by atoms with Crippen molar-refractivity contribution in [3.05, 3.63) is 210 Å². The lowest BCUT2D eigenvalue weighted by molar-refractivity contribution is 1.24. The highest BCUT2D eigenvalue weighted by molar-refractivity contribution is 7.83. The van der Waals surface area contributed by atoms with Crippen LogP contribution in [0.25, 0.3) is 44.7 Å². The fourth-order valence-electron chi connectivity index (χ4n) is 5.62. The summed E-state index contributed by atoms with van der Waals surface area (Å²) >= 11 is 4.56. The van der Waals surface area contributed by atoms with Crippen molar-refractivity contribution < 1.29 is 0 Å². The Labute approximate surface area is 284 Å². The van der Waals surface area contributed by atoms with Crippen molar-refractivity contribution in [2.45, 2.75) is 12.8 Å². The van der Waals surface area contributed by atoms with E-state index in [1.54, 1.807) is 0 Å². The van der Waals surface area contributed by atoms with Crippen molar-refractivity contribution in [2.24, 2.45) is 0 Å². The Balaban J connectivity index is 1.31. The molecular formula is C45H37NS. The third-order valence-electron chi connectivity index (χ3n) is 8.19. The number of allylic oxidation sites excluding steroid dienone is 6. The van der Waals surface area contributed by atoms with E-state index in [-0.39, 0.29) is 0 Å². The first-order chi connectivity index (χ1) is 23.2. The van der Waals surface area contributed by atoms with Crippen LogP contribution in [0.4, 0.5) is 0 Å². The van der Waals surface area contributed by atoms with E-state index in [1.165, 1.54) is 22.3 Å². The van der Waals surface area contributed by atoms with Gasteiger partial charge in [-0.3, -0.25) is 0 Å². The van der Waals surface area contributed by atoms with Crippen molar-refractivity contribution in [3.63, 3.8) is 0 Å². The molecule has 0 saturated carbocycles. The summed E-state index contributed by atoms with van der Waals surface area (Å²) in [6.07, 6.45) is 10.1. The second kappa shape index (κ2) is 15.7. The minimum Gasteiger partial charge on any atom is -0.248 e. The average Bonchev–Trinajstić information content (AvgIpc) is 3.15. The molecule has 1 heterocycles. The monoisotopic (exact) mass is 623 g/mol. The standard InChI is InChI=1S/C45H37NS/c1-2-36(27-24-35-25-28-39(29-26-35)37-17-8-4-9-18-37)44-31-43(38-19-10-5-11-20-38)32-45(46-44)41-22-13-21-40(30-41)42(33-47)23-12-16-34-14-6-3-7-15-34/h2-15,17-23,25-33,47H,1,16,24H2/b23-12-,36-27+,42-33+. The summed E-state index contributed by atoms with van der Waals surface area (Å²) in [6.45, 7) is 4.18. The Kier molecular flexibility index (Phi) is 10.5. The zero-order valence-electron chi connectivity index (χ0n) is 26.3. The Hall–Kier alpha value is -5.44. The molecule has 0 unspecified atom stereocenters. The lowest BCUT2D eigenvalue weighted by Gasteiger charge is -2.12. The molecule has 0 saturated heterocycles. The highest BCUT2D eigenvalue weighted by atomic mass is 32.1. The quantitative estimate of drug-likeness (QED) is 0.112. The van der Waals surface area contributed by atoms with Crippen LogP contribution < -0.4 is 0 Å². The van der Waals surface area contributed by atoms with Gasteiger partial charge in [0.05, 0.1) is 11.4 Å². The second-order valence-corrected chi connectivity index (χ2v) is 11.6. The molecule has 5 aromatic carbocycles. The molecule has 0 aliphatic rings. The van der Waals surface area contributed by atoms with Crippen LogP contribution in [-0.4, -0.2) is 4.98 Å². The molecule has 0 spiro atoms. The van der Waals surface area contributed by atoms with Crippen molar-refractivity contribution in [3.8, 4) is 33.5 Å². The summed E-state index contributed by atoms with van der Waals surface area (Å²) < 4.78 is 0. The van der Waals surface area contributed by atoms with E-state index in [0.717, 1.165) is 57.6 Å². The van der Waals surface area contributed by atoms with Gasteiger partial charge >= 0.3 is 0 Å². The smallest absolute Gasteiger partial charge is 0.0715 e. The van der Waals surface area contributed by atoms with Gasteiger partial charge in [0.1, 0.15) is 0 Å². The second-order valence-electron chi connectivity index (χ2n) is 11.4. The van der Waals surface area contributed by atoms with Gasteiger partial charge < -0.3 is 0 Å². The van der Waals surface area contributed by atoms with Crippen LogP contribution in [0.5, 0.6) is 0 Å². The van der Waals surface area contributed by atoms with Crippen LogP contribution in [-0.2, 0) is 12.8 Å². The van der Waals surface area contributed by atoms with Crippen LogP contribution in [0.3, 0.4) is 0 Å². The molecule has 1 nitrogen and oxygen atoms in total. The van der Waals surface area contributed by atoms with Crippen molar-refractivity contribution in [1.82, 2.24) is 4.98 Å². The largest absolute Gasteiger partial charge is 0.248 e. The van der Waals surface area contributed by atoms with Gasteiger partial charge in [0.15, 0.2) is 0 Å². The van der Waals surface area contributed by atoms with Crippen LogP contribution in [0.1, 0.15) is 22.4 Å². The maximum absolute atomic E-state index is 5.20. The molecule has 0 atom stereocenters. The molecule has 0 aliphatic heterocycles. The van der Waals surface area contributed by atoms with Crippen molar-refractivity contribution in [2.75, 3.05) is 0 Å². The van der Waals surface area contributed by atoms with E-state index in [1.807, 2.05) is 29.7 Å². The summed E-state index contributed by atoms with van der Waals surface area (Å²) in [4.78, 5) is 5.20. The minimum absolute atomic E-state index is 0.782. The molecule has 1 aromatic heterocycles. The molecule has 0 radical (unpaired) electrons. The zero-order valence-corrected chi connectivity index (χ0v) is 27.2. The number of aromatic nitrogens is 1. The summed E-state index contributed by atoms with van der Waals surface area (Å²) in [5.41, 5.74) is 13.2. The lowest BCUT2D eigenvalue weighted by Crippen LogP contribution is -1.95. The average molecular weight is 624 g/mol. The number of hydrogen-bond donors (Lipinski definition) is 1. The van der Waals surface area contributed by atoms with Crippen LogP contribution in [0.15, 0.2) is 188 Å². The SMILES string of the molecule is C=C/C(=C\Cc1ccc(-c2ccccc2)cc1)c1cc(-c2ccccc2)cc(-c2cccc(C(/C=C\Cc3ccccc3)=C/S)c2)n1. The van der Waals surface area contributed by atoms with Crippen molar-refractivity contribution in [1.29, 1.82) is 0 Å². The Morgan fingerprint density at radius 2 is 1.15 bits per heavy atom. The van der Waals surface area contributed by atoms with Crippen molar-refractivity contribution >= 4 is 23.8 Å². The summed E-state index contributed by atoms with van der Waals surface area (Å²) in [7, 11) is 0. The maximum atomic E-state index is 5.20. The van der Waals surface area contributed by atoms with Crippen LogP contribution in [0, 0.1) is 0 Å². The summed E-state index contributed by atoms with van der Waals surface area (Å²) in [6, 6.07) is 53.1. The summed E-state index contributed by atoms with van der Waals surface area (Å²) in [5.74, 6) is 0. The summed E-state index contributed by atoms with van der Waals surface area (Å²) in [5, 5.41) is 1.87. The molecular weight excluding hydrogens is 587 g/mol. The van der Waals surface area contributed by atoms with Gasteiger partial charge in [0, 0.05) is 5.56 Å².